The number of halogens is 3. The average molecular weight is 465 g/mol. The number of rotatable bonds is 6. The van der Waals surface area contributed by atoms with Crippen LogP contribution < -0.4 is 10.9 Å². The summed E-state index contributed by atoms with van der Waals surface area (Å²) in [6.45, 7) is 3.37. The summed E-state index contributed by atoms with van der Waals surface area (Å²) < 4.78 is 42.8. The van der Waals surface area contributed by atoms with E-state index in [1.54, 1.807) is 37.0 Å². The van der Waals surface area contributed by atoms with Gasteiger partial charge in [-0.05, 0) is 44.4 Å². The molecule has 0 aliphatic heterocycles. The van der Waals surface area contributed by atoms with Crippen molar-refractivity contribution in [2.45, 2.75) is 44.7 Å². The van der Waals surface area contributed by atoms with Crippen molar-refractivity contribution in [2.24, 2.45) is 0 Å². The molecular formula is C25H22F3N5O. The molecule has 34 heavy (non-hydrogen) atoms. The maximum atomic E-state index is 14.7. The predicted octanol–water partition coefficient (Wildman–Crippen LogP) is 5.28. The number of aromatic nitrogens is 4. The molecule has 6 nitrogen and oxygen atoms in total. The predicted molar refractivity (Wildman–Crippen MR) is 122 cm³/mol. The fraction of sp³-hybridized carbons (Fsp3) is 0.280. The fourth-order valence-corrected chi connectivity index (χ4v) is 4.47. The van der Waals surface area contributed by atoms with Crippen molar-refractivity contribution < 1.29 is 13.2 Å². The van der Waals surface area contributed by atoms with Gasteiger partial charge in [-0.1, -0.05) is 18.2 Å². The Kier molecular flexibility index (Phi) is 5.34. The van der Waals surface area contributed by atoms with E-state index in [1.165, 1.54) is 18.2 Å². The molecule has 4 aromatic rings. The van der Waals surface area contributed by atoms with E-state index < -0.39 is 29.4 Å². The number of benzene rings is 1. The lowest BCUT2D eigenvalue weighted by Gasteiger charge is -2.22. The first-order chi connectivity index (χ1) is 16.3. The van der Waals surface area contributed by atoms with E-state index in [9.17, 15) is 18.0 Å². The standard InChI is InChI=1S/C25H22F3N5O/c1-14(17-4-3-5-18(22(17)26)23(27)28)30-24-19-13-33(21(34)12-20(19)31-15(2)32-24)25(8-9-25)16-6-10-29-11-7-16/h3-7,10-14,23H,8-9H2,1-2H3,(H,30,31,32). The maximum absolute atomic E-state index is 14.7. The maximum Gasteiger partial charge on any atom is 0.266 e. The van der Waals surface area contributed by atoms with Gasteiger partial charge in [0.15, 0.2) is 0 Å². The minimum atomic E-state index is -2.91. The zero-order chi connectivity index (χ0) is 24.0. The monoisotopic (exact) mass is 465 g/mol. The van der Waals surface area contributed by atoms with E-state index in [0.717, 1.165) is 24.5 Å². The van der Waals surface area contributed by atoms with Crippen LogP contribution in [0.15, 0.2) is 59.8 Å². The molecule has 1 saturated carbocycles. The molecule has 0 bridgehead atoms. The highest BCUT2D eigenvalue weighted by molar-refractivity contribution is 5.88. The number of nitrogens with zero attached hydrogens (tertiary/aromatic N) is 4. The highest BCUT2D eigenvalue weighted by atomic mass is 19.3. The van der Waals surface area contributed by atoms with Crippen LogP contribution in [0.3, 0.4) is 0 Å². The minimum absolute atomic E-state index is 0.103. The van der Waals surface area contributed by atoms with Gasteiger partial charge in [0.25, 0.3) is 12.0 Å². The summed E-state index contributed by atoms with van der Waals surface area (Å²) in [7, 11) is 0. The SMILES string of the molecule is Cc1nc(NC(C)c2cccc(C(F)F)c2F)c2cn(C3(c4ccncc4)CC3)c(=O)cc2n1. The number of hydrogen-bond acceptors (Lipinski definition) is 5. The number of nitrogens with one attached hydrogen (secondary N) is 1. The van der Waals surface area contributed by atoms with E-state index in [1.807, 2.05) is 12.1 Å². The second-order valence-corrected chi connectivity index (χ2v) is 8.58. The molecule has 0 spiro atoms. The first-order valence-electron chi connectivity index (χ1n) is 11.0. The summed E-state index contributed by atoms with van der Waals surface area (Å²) in [5.41, 5.74) is 0.263. The Morgan fingerprint density at radius 1 is 1.09 bits per heavy atom. The Hall–Kier alpha value is -3.75. The average Bonchev–Trinajstić information content (AvgIpc) is 3.61. The van der Waals surface area contributed by atoms with Gasteiger partial charge in [0, 0.05) is 30.2 Å². The van der Waals surface area contributed by atoms with Crippen molar-refractivity contribution in [3.8, 4) is 0 Å². The van der Waals surface area contributed by atoms with Crippen molar-refractivity contribution in [3.63, 3.8) is 0 Å². The summed E-state index contributed by atoms with van der Waals surface area (Å²) in [4.78, 5) is 26.0. The zero-order valence-corrected chi connectivity index (χ0v) is 18.6. The van der Waals surface area contributed by atoms with E-state index in [4.69, 9.17) is 0 Å². The van der Waals surface area contributed by atoms with Crippen LogP contribution in [-0.2, 0) is 5.54 Å². The van der Waals surface area contributed by atoms with E-state index >= 15 is 0 Å². The van der Waals surface area contributed by atoms with Gasteiger partial charge >= 0.3 is 0 Å². The lowest BCUT2D eigenvalue weighted by molar-refractivity contribution is 0.146. The molecule has 3 heterocycles. The van der Waals surface area contributed by atoms with Crippen molar-refractivity contribution in [1.82, 2.24) is 19.5 Å². The molecule has 0 saturated heterocycles. The van der Waals surface area contributed by atoms with Crippen molar-refractivity contribution in [3.05, 3.63) is 93.7 Å². The molecule has 1 atom stereocenters. The van der Waals surface area contributed by atoms with Gasteiger partial charge in [0.1, 0.15) is 17.5 Å². The quantitative estimate of drug-likeness (QED) is 0.419. The summed E-state index contributed by atoms with van der Waals surface area (Å²) in [6.07, 6.45) is 3.83. The summed E-state index contributed by atoms with van der Waals surface area (Å²) in [6, 6.07) is 8.56. The van der Waals surface area contributed by atoms with Gasteiger partial charge in [-0.15, -0.1) is 0 Å². The second kappa shape index (κ2) is 8.23. The number of aryl methyl sites for hydroxylation is 1. The van der Waals surface area contributed by atoms with Gasteiger partial charge in [0.2, 0.25) is 0 Å². The Labute approximate surface area is 193 Å². The Morgan fingerprint density at radius 3 is 2.47 bits per heavy atom. The first-order valence-corrected chi connectivity index (χ1v) is 11.0. The zero-order valence-electron chi connectivity index (χ0n) is 18.6. The molecule has 5 rings (SSSR count). The molecule has 3 aromatic heterocycles. The first kappa shape index (κ1) is 22.1. The van der Waals surface area contributed by atoms with E-state index in [0.29, 0.717) is 22.5 Å². The number of anilines is 1. The highest BCUT2D eigenvalue weighted by Gasteiger charge is 2.47. The summed E-state index contributed by atoms with van der Waals surface area (Å²) in [5.74, 6) is -0.119. The Balaban J connectivity index is 1.59. The smallest absolute Gasteiger partial charge is 0.266 e. The third-order valence-corrected chi connectivity index (χ3v) is 6.36. The van der Waals surface area contributed by atoms with Crippen LogP contribution >= 0.6 is 0 Å². The number of alkyl halides is 2. The van der Waals surface area contributed by atoms with Crippen molar-refractivity contribution in [1.29, 1.82) is 0 Å². The molecule has 174 valence electrons. The van der Waals surface area contributed by atoms with Gasteiger partial charge in [0.05, 0.1) is 28.0 Å². The summed E-state index contributed by atoms with van der Waals surface area (Å²) in [5, 5.41) is 3.73. The van der Waals surface area contributed by atoms with Crippen LogP contribution in [0.5, 0.6) is 0 Å². The third kappa shape index (κ3) is 3.70. The molecule has 1 aliphatic carbocycles. The number of pyridine rings is 2. The molecule has 1 aliphatic rings. The van der Waals surface area contributed by atoms with Crippen LogP contribution in [-0.4, -0.2) is 19.5 Å². The van der Waals surface area contributed by atoms with Crippen LogP contribution in [0.4, 0.5) is 19.0 Å². The third-order valence-electron chi connectivity index (χ3n) is 6.36. The second-order valence-electron chi connectivity index (χ2n) is 8.58. The topological polar surface area (TPSA) is 72.7 Å². The lowest BCUT2D eigenvalue weighted by atomic mass is 10.0. The molecule has 0 amide bonds. The van der Waals surface area contributed by atoms with Gasteiger partial charge in [-0.3, -0.25) is 9.78 Å². The highest BCUT2D eigenvalue weighted by Crippen LogP contribution is 2.48. The van der Waals surface area contributed by atoms with Gasteiger partial charge < -0.3 is 9.88 Å². The molecule has 1 aromatic carbocycles. The Morgan fingerprint density at radius 2 is 1.79 bits per heavy atom. The van der Waals surface area contributed by atoms with E-state index in [2.05, 4.69) is 20.3 Å². The van der Waals surface area contributed by atoms with Crippen LogP contribution in [0.2, 0.25) is 0 Å². The Bertz CT molecular complexity index is 1430. The van der Waals surface area contributed by atoms with Gasteiger partial charge in [-0.25, -0.2) is 23.1 Å². The molecule has 1 N–H and O–H groups in total. The fourth-order valence-electron chi connectivity index (χ4n) is 4.47. The number of hydrogen-bond donors (Lipinski definition) is 1. The van der Waals surface area contributed by atoms with Crippen LogP contribution in [0, 0.1) is 12.7 Å². The molecule has 9 heteroatoms. The largest absolute Gasteiger partial charge is 0.363 e. The summed E-state index contributed by atoms with van der Waals surface area (Å²) >= 11 is 0. The normalized spacial score (nSPS) is 15.5. The van der Waals surface area contributed by atoms with Gasteiger partial charge in [-0.2, -0.15) is 0 Å². The number of fused-ring (bicyclic) bond motifs is 1. The lowest BCUT2D eigenvalue weighted by Crippen LogP contribution is -2.30. The van der Waals surface area contributed by atoms with Crippen molar-refractivity contribution in [2.75, 3.05) is 5.32 Å². The van der Waals surface area contributed by atoms with Crippen LogP contribution in [0.25, 0.3) is 10.9 Å². The van der Waals surface area contributed by atoms with Crippen molar-refractivity contribution >= 4 is 16.7 Å². The molecule has 0 radical (unpaired) electrons. The van der Waals surface area contributed by atoms with Crippen LogP contribution in [0.1, 0.15) is 54.7 Å². The minimum Gasteiger partial charge on any atom is -0.363 e. The molecule has 1 fully saturated rings. The molecule has 1 unspecified atom stereocenters. The molecular weight excluding hydrogens is 443 g/mol. The van der Waals surface area contributed by atoms with E-state index in [-0.39, 0.29) is 11.1 Å².